The Hall–Kier alpha value is -1.89. The molecule has 2 heterocycles. The highest BCUT2D eigenvalue weighted by Gasteiger charge is 2.19. The van der Waals surface area contributed by atoms with Gasteiger partial charge in [-0.2, -0.15) is 0 Å². The molecule has 0 saturated carbocycles. The van der Waals surface area contributed by atoms with Crippen LogP contribution in [0.15, 0.2) is 11.3 Å². The lowest BCUT2D eigenvalue weighted by Gasteiger charge is -2.14. The van der Waals surface area contributed by atoms with Crippen LogP contribution < -0.4 is 11.1 Å². The van der Waals surface area contributed by atoms with Crippen molar-refractivity contribution < 1.29 is 9.53 Å². The summed E-state index contributed by atoms with van der Waals surface area (Å²) in [5.74, 6) is 0.570. The summed E-state index contributed by atoms with van der Waals surface area (Å²) in [6, 6.07) is 0. The summed E-state index contributed by atoms with van der Waals surface area (Å²) < 4.78 is 6.69. The van der Waals surface area contributed by atoms with E-state index in [1.807, 2.05) is 4.57 Å². The van der Waals surface area contributed by atoms with Gasteiger partial charge in [0.25, 0.3) is 0 Å². The molecular weight excluding hydrogens is 222 g/mol. The first-order chi connectivity index (χ1) is 8.22. The number of nitrogens with one attached hydrogen (secondary N) is 1. The second-order valence-corrected chi connectivity index (χ2v) is 3.59. The smallest absolute Gasteiger partial charge is 0.307 e. The van der Waals surface area contributed by atoms with Gasteiger partial charge in [0.05, 0.1) is 25.7 Å². The van der Waals surface area contributed by atoms with Crippen LogP contribution in [-0.2, 0) is 16.1 Å². The van der Waals surface area contributed by atoms with Crippen LogP contribution in [0.1, 0.15) is 25.2 Å². The molecule has 1 aromatic heterocycles. The van der Waals surface area contributed by atoms with Crippen LogP contribution in [0.2, 0.25) is 0 Å². The number of imidazole rings is 1. The first-order valence-corrected chi connectivity index (χ1v) is 5.46. The number of hydrogen-bond acceptors (Lipinski definition) is 6. The van der Waals surface area contributed by atoms with Crippen molar-refractivity contribution in [2.24, 2.45) is 10.7 Å². The van der Waals surface area contributed by atoms with Crippen LogP contribution >= 0.6 is 0 Å². The molecule has 7 heteroatoms. The van der Waals surface area contributed by atoms with Crippen LogP contribution in [0.3, 0.4) is 0 Å². The van der Waals surface area contributed by atoms with Crippen LogP contribution in [0.5, 0.6) is 0 Å². The van der Waals surface area contributed by atoms with E-state index in [-0.39, 0.29) is 5.97 Å². The normalized spacial score (nSPS) is 17.4. The SMILES string of the molecule is CCOC(=O)CCn1cnc2c1NC=NC2N. The van der Waals surface area contributed by atoms with Gasteiger partial charge in [0.2, 0.25) is 0 Å². The lowest BCUT2D eigenvalue weighted by molar-refractivity contribution is -0.143. The molecular formula is C10H15N5O2. The van der Waals surface area contributed by atoms with Crippen molar-refractivity contribution in [3.8, 4) is 0 Å². The zero-order valence-corrected chi connectivity index (χ0v) is 9.59. The number of carbonyl (C=O) groups excluding carboxylic acids is 1. The molecule has 0 saturated heterocycles. The number of aromatic nitrogens is 2. The van der Waals surface area contributed by atoms with E-state index in [0.29, 0.717) is 25.3 Å². The maximum atomic E-state index is 11.2. The number of fused-ring (bicyclic) bond motifs is 1. The quantitative estimate of drug-likeness (QED) is 0.732. The van der Waals surface area contributed by atoms with E-state index < -0.39 is 6.17 Å². The third-order valence-corrected chi connectivity index (χ3v) is 2.44. The molecule has 0 spiro atoms. The first-order valence-electron chi connectivity index (χ1n) is 5.46. The molecule has 2 rings (SSSR count). The maximum Gasteiger partial charge on any atom is 0.307 e. The van der Waals surface area contributed by atoms with Gasteiger partial charge in [-0.05, 0) is 6.92 Å². The summed E-state index contributed by atoms with van der Waals surface area (Å²) in [4.78, 5) is 19.4. The minimum atomic E-state index is -0.435. The van der Waals surface area contributed by atoms with E-state index in [1.54, 1.807) is 13.3 Å². The van der Waals surface area contributed by atoms with Crippen LogP contribution in [-0.4, -0.2) is 28.5 Å². The van der Waals surface area contributed by atoms with E-state index in [4.69, 9.17) is 10.5 Å². The topological polar surface area (TPSA) is 94.5 Å². The molecule has 1 unspecified atom stereocenters. The van der Waals surface area contributed by atoms with Gasteiger partial charge in [-0.25, -0.2) is 4.98 Å². The summed E-state index contributed by atoms with van der Waals surface area (Å²) in [6.45, 7) is 2.69. The molecule has 92 valence electrons. The van der Waals surface area contributed by atoms with Gasteiger partial charge >= 0.3 is 5.97 Å². The highest BCUT2D eigenvalue weighted by molar-refractivity contribution is 5.78. The summed E-state index contributed by atoms with van der Waals surface area (Å²) in [7, 11) is 0. The van der Waals surface area contributed by atoms with Gasteiger partial charge in [0.1, 0.15) is 17.7 Å². The average molecular weight is 237 g/mol. The Bertz CT molecular complexity index is 440. The van der Waals surface area contributed by atoms with Crippen molar-refractivity contribution in [1.29, 1.82) is 0 Å². The zero-order valence-electron chi connectivity index (χ0n) is 9.59. The minimum Gasteiger partial charge on any atom is -0.466 e. The largest absolute Gasteiger partial charge is 0.466 e. The van der Waals surface area contributed by atoms with Gasteiger partial charge in [0, 0.05) is 6.54 Å². The number of anilines is 1. The van der Waals surface area contributed by atoms with Crippen molar-refractivity contribution in [3.63, 3.8) is 0 Å². The molecule has 3 N–H and O–H groups in total. The van der Waals surface area contributed by atoms with Gasteiger partial charge in [-0.15, -0.1) is 0 Å². The number of hydrogen-bond donors (Lipinski definition) is 2. The molecule has 0 radical (unpaired) electrons. The molecule has 0 aromatic carbocycles. The molecule has 1 aliphatic heterocycles. The predicted molar refractivity (Wildman–Crippen MR) is 62.5 cm³/mol. The van der Waals surface area contributed by atoms with Crippen molar-refractivity contribution in [2.75, 3.05) is 11.9 Å². The summed E-state index contributed by atoms with van der Waals surface area (Å²) in [5.41, 5.74) is 6.45. The highest BCUT2D eigenvalue weighted by atomic mass is 16.5. The molecule has 1 aromatic rings. The number of aliphatic imine (C=N–C) groups is 1. The molecule has 0 bridgehead atoms. The number of esters is 1. The first kappa shape index (κ1) is 11.6. The monoisotopic (exact) mass is 237 g/mol. The second kappa shape index (κ2) is 4.96. The van der Waals surface area contributed by atoms with Crippen LogP contribution in [0, 0.1) is 0 Å². The van der Waals surface area contributed by atoms with Crippen molar-refractivity contribution in [3.05, 3.63) is 12.0 Å². The Morgan fingerprint density at radius 3 is 3.29 bits per heavy atom. The van der Waals surface area contributed by atoms with E-state index in [0.717, 1.165) is 5.82 Å². The molecule has 17 heavy (non-hydrogen) atoms. The summed E-state index contributed by atoms with van der Waals surface area (Å²) in [6.07, 6.45) is 3.06. The Balaban J connectivity index is 2.02. The fourth-order valence-electron chi connectivity index (χ4n) is 1.63. The van der Waals surface area contributed by atoms with E-state index in [2.05, 4.69) is 15.3 Å². The summed E-state index contributed by atoms with van der Waals surface area (Å²) >= 11 is 0. The molecule has 0 fully saturated rings. The number of aryl methyl sites for hydroxylation is 1. The number of ether oxygens (including phenoxy) is 1. The van der Waals surface area contributed by atoms with Gasteiger partial charge in [-0.3, -0.25) is 9.79 Å². The number of nitrogens with zero attached hydrogens (tertiary/aromatic N) is 3. The van der Waals surface area contributed by atoms with Crippen molar-refractivity contribution in [1.82, 2.24) is 9.55 Å². The number of nitrogens with two attached hydrogens (primary N) is 1. The fraction of sp³-hybridized carbons (Fsp3) is 0.500. The fourth-order valence-corrected chi connectivity index (χ4v) is 1.63. The number of rotatable bonds is 4. The third kappa shape index (κ3) is 2.44. The van der Waals surface area contributed by atoms with Gasteiger partial charge < -0.3 is 20.4 Å². The molecule has 1 aliphatic rings. The second-order valence-electron chi connectivity index (χ2n) is 3.59. The van der Waals surface area contributed by atoms with E-state index >= 15 is 0 Å². The Morgan fingerprint density at radius 1 is 1.71 bits per heavy atom. The summed E-state index contributed by atoms with van der Waals surface area (Å²) in [5, 5.41) is 2.97. The lowest BCUT2D eigenvalue weighted by Crippen LogP contribution is -2.19. The molecule has 0 aliphatic carbocycles. The molecule has 7 nitrogen and oxygen atoms in total. The average Bonchev–Trinajstić information content (AvgIpc) is 2.72. The Labute approximate surface area is 98.7 Å². The molecule has 1 atom stereocenters. The highest BCUT2D eigenvalue weighted by Crippen LogP contribution is 2.23. The molecule has 0 amide bonds. The third-order valence-electron chi connectivity index (χ3n) is 2.44. The van der Waals surface area contributed by atoms with Gasteiger partial charge in [0.15, 0.2) is 0 Å². The van der Waals surface area contributed by atoms with Crippen LogP contribution in [0.4, 0.5) is 5.82 Å². The standard InChI is InChI=1S/C10H15N5O2/c1-2-17-7(16)3-4-15-6-14-8-9(11)12-5-13-10(8)15/h5-6,9H,2-4,11H2,1H3,(H,12,13). The predicted octanol–water partition coefficient (Wildman–Crippen LogP) is 0.247. The Morgan fingerprint density at radius 2 is 2.53 bits per heavy atom. The zero-order chi connectivity index (χ0) is 12.3. The Kier molecular flexibility index (Phi) is 3.38. The number of carbonyl (C=O) groups is 1. The van der Waals surface area contributed by atoms with Crippen molar-refractivity contribution >= 4 is 18.1 Å². The van der Waals surface area contributed by atoms with E-state index in [1.165, 1.54) is 6.34 Å². The van der Waals surface area contributed by atoms with Gasteiger partial charge in [-0.1, -0.05) is 0 Å². The van der Waals surface area contributed by atoms with Crippen LogP contribution in [0.25, 0.3) is 0 Å². The minimum absolute atomic E-state index is 0.219. The lowest BCUT2D eigenvalue weighted by atomic mass is 10.3. The van der Waals surface area contributed by atoms with E-state index in [9.17, 15) is 4.79 Å². The van der Waals surface area contributed by atoms with Crippen molar-refractivity contribution in [2.45, 2.75) is 26.1 Å². The maximum absolute atomic E-state index is 11.2.